The van der Waals surface area contributed by atoms with Gasteiger partial charge in [0, 0.05) is 50.1 Å². The molecule has 7 heteroatoms. The van der Waals surface area contributed by atoms with Gasteiger partial charge in [-0.2, -0.15) is 0 Å². The zero-order chi connectivity index (χ0) is 22.4. The van der Waals surface area contributed by atoms with Gasteiger partial charge in [0.2, 0.25) is 5.91 Å². The van der Waals surface area contributed by atoms with Crippen molar-refractivity contribution in [2.75, 3.05) is 40.3 Å². The van der Waals surface area contributed by atoms with Crippen molar-refractivity contribution in [3.63, 3.8) is 0 Å². The molecule has 1 aromatic carbocycles. The number of carbonyl (C=O) groups excluding carboxylic acids is 2. The summed E-state index contributed by atoms with van der Waals surface area (Å²) < 4.78 is 0. The molecule has 0 unspecified atom stereocenters. The number of piperidine rings is 1. The molecule has 166 valence electrons. The lowest BCUT2D eigenvalue weighted by atomic mass is 9.91. The molecule has 7 nitrogen and oxygen atoms in total. The summed E-state index contributed by atoms with van der Waals surface area (Å²) in [5.41, 5.74) is 1.41. The van der Waals surface area contributed by atoms with Crippen LogP contribution in [0.2, 0.25) is 0 Å². The summed E-state index contributed by atoms with van der Waals surface area (Å²) in [4.78, 5) is 38.0. The van der Waals surface area contributed by atoms with Gasteiger partial charge in [-0.3, -0.25) is 9.59 Å². The number of hydrogen-bond acceptors (Lipinski definition) is 5. The lowest BCUT2D eigenvalue weighted by Gasteiger charge is -2.33. The number of nitrogens with one attached hydrogen (secondary N) is 1. The van der Waals surface area contributed by atoms with Crippen LogP contribution in [0, 0.1) is 11.3 Å². The first-order chi connectivity index (χ1) is 14.7. The lowest BCUT2D eigenvalue weighted by molar-refractivity contribution is -0.126. The Kier molecular flexibility index (Phi) is 7.38. The fourth-order valence-electron chi connectivity index (χ4n) is 4.08. The molecule has 2 aromatic rings. The van der Waals surface area contributed by atoms with Crippen molar-refractivity contribution < 1.29 is 9.59 Å². The average molecular weight is 424 g/mol. The van der Waals surface area contributed by atoms with Gasteiger partial charge in [-0.05, 0) is 32.4 Å². The summed E-state index contributed by atoms with van der Waals surface area (Å²) in [6.07, 6.45) is 4.52. The predicted octanol–water partition coefficient (Wildman–Crippen LogP) is 2.70. The minimum absolute atomic E-state index is 0.0156. The van der Waals surface area contributed by atoms with Crippen LogP contribution in [0.4, 0.5) is 0 Å². The quantitative estimate of drug-likeness (QED) is 0.741. The minimum atomic E-state index is -0.0782. The summed E-state index contributed by atoms with van der Waals surface area (Å²) in [6.45, 7) is 7.00. The van der Waals surface area contributed by atoms with Gasteiger partial charge in [-0.25, -0.2) is 9.97 Å². The van der Waals surface area contributed by atoms with E-state index >= 15 is 0 Å². The summed E-state index contributed by atoms with van der Waals surface area (Å²) >= 11 is 0. The summed E-state index contributed by atoms with van der Waals surface area (Å²) in [6, 6.07) is 9.68. The third kappa shape index (κ3) is 6.34. The molecule has 31 heavy (non-hydrogen) atoms. The molecule has 1 aliphatic heterocycles. The Morgan fingerprint density at radius 2 is 1.71 bits per heavy atom. The van der Waals surface area contributed by atoms with Crippen LogP contribution in [0.5, 0.6) is 0 Å². The number of amides is 2. The first kappa shape index (κ1) is 22.9. The smallest absolute Gasteiger partial charge is 0.256 e. The third-order valence-corrected chi connectivity index (χ3v) is 5.57. The average Bonchev–Trinajstić information content (AvgIpc) is 2.77. The summed E-state index contributed by atoms with van der Waals surface area (Å²) in [5.74, 6) is 0.570. The maximum absolute atomic E-state index is 12.8. The molecule has 0 atom stereocenters. The van der Waals surface area contributed by atoms with Gasteiger partial charge in [-0.15, -0.1) is 0 Å². The molecule has 1 N–H and O–H groups in total. The van der Waals surface area contributed by atoms with Crippen LogP contribution in [0.25, 0.3) is 11.4 Å². The predicted molar refractivity (Wildman–Crippen MR) is 121 cm³/mol. The van der Waals surface area contributed by atoms with Gasteiger partial charge in [0.25, 0.3) is 5.91 Å². The number of nitrogens with zero attached hydrogens (tertiary/aromatic N) is 4. The minimum Gasteiger partial charge on any atom is -0.355 e. The van der Waals surface area contributed by atoms with Crippen LogP contribution in [0.3, 0.4) is 0 Å². The van der Waals surface area contributed by atoms with E-state index in [1.807, 2.05) is 44.4 Å². The van der Waals surface area contributed by atoms with Crippen LogP contribution in [-0.4, -0.2) is 71.9 Å². The van der Waals surface area contributed by atoms with E-state index < -0.39 is 0 Å². The molecule has 1 aromatic heterocycles. The molecule has 2 heterocycles. The van der Waals surface area contributed by atoms with Gasteiger partial charge in [0.05, 0.1) is 5.56 Å². The van der Waals surface area contributed by atoms with Gasteiger partial charge >= 0.3 is 0 Å². The van der Waals surface area contributed by atoms with Gasteiger partial charge in [0.15, 0.2) is 5.82 Å². The van der Waals surface area contributed by atoms with Crippen molar-refractivity contribution in [2.24, 2.45) is 11.3 Å². The Hall–Kier alpha value is -2.80. The molecule has 0 radical (unpaired) electrons. The number of aromatic nitrogens is 2. The lowest BCUT2D eigenvalue weighted by Crippen LogP contribution is -2.46. The van der Waals surface area contributed by atoms with Crippen LogP contribution in [-0.2, 0) is 4.79 Å². The summed E-state index contributed by atoms with van der Waals surface area (Å²) in [7, 11) is 4.08. The molecule has 0 spiro atoms. The highest BCUT2D eigenvalue weighted by Crippen LogP contribution is 2.21. The fourth-order valence-corrected chi connectivity index (χ4v) is 4.08. The van der Waals surface area contributed by atoms with Crippen molar-refractivity contribution in [1.82, 2.24) is 25.1 Å². The number of rotatable bonds is 7. The molecule has 1 fully saturated rings. The highest BCUT2D eigenvalue weighted by Gasteiger charge is 2.29. The van der Waals surface area contributed by atoms with Crippen LogP contribution >= 0.6 is 0 Å². The molecule has 2 amide bonds. The Morgan fingerprint density at radius 3 is 2.29 bits per heavy atom. The molecule has 0 bridgehead atoms. The van der Waals surface area contributed by atoms with Crippen LogP contribution in [0.15, 0.2) is 42.7 Å². The maximum atomic E-state index is 12.8. The van der Waals surface area contributed by atoms with E-state index in [4.69, 9.17) is 0 Å². The Balaban J connectivity index is 1.50. The highest BCUT2D eigenvalue weighted by molar-refractivity contribution is 5.94. The van der Waals surface area contributed by atoms with Gasteiger partial charge in [-0.1, -0.05) is 44.2 Å². The van der Waals surface area contributed by atoms with E-state index in [1.54, 1.807) is 17.3 Å². The molecule has 1 aliphatic rings. The standard InChI is InChI=1S/C24H33N5O2/c1-24(2,17-28(3)4)16-27-22(30)19-10-12-29(13-11-19)23(31)20-14-25-21(26-15-20)18-8-6-5-7-9-18/h5-9,14-15,19H,10-13,16-17H2,1-4H3,(H,27,30). The number of likely N-dealkylation sites (tertiary alicyclic amines) is 1. The van der Waals surface area contributed by atoms with Crippen molar-refractivity contribution in [1.29, 1.82) is 0 Å². The number of benzene rings is 1. The van der Waals surface area contributed by atoms with Crippen LogP contribution in [0.1, 0.15) is 37.0 Å². The molecule has 0 aliphatic carbocycles. The van der Waals surface area contributed by atoms with Gasteiger partial charge in [0.1, 0.15) is 0 Å². The normalized spacial score (nSPS) is 15.2. The Bertz CT molecular complexity index is 873. The van der Waals surface area contributed by atoms with Crippen LogP contribution < -0.4 is 5.32 Å². The molecular weight excluding hydrogens is 390 g/mol. The SMILES string of the molecule is CN(C)CC(C)(C)CNC(=O)C1CCN(C(=O)c2cnc(-c3ccccc3)nc2)CC1. The van der Waals surface area contributed by atoms with E-state index in [1.165, 1.54) is 0 Å². The first-order valence-electron chi connectivity index (χ1n) is 10.8. The van der Waals surface area contributed by atoms with E-state index in [0.717, 1.165) is 12.1 Å². The second-order valence-electron chi connectivity index (χ2n) is 9.35. The van der Waals surface area contributed by atoms with E-state index in [0.29, 0.717) is 43.9 Å². The molecule has 3 rings (SSSR count). The van der Waals surface area contributed by atoms with Gasteiger partial charge < -0.3 is 15.1 Å². The van der Waals surface area contributed by atoms with Crippen molar-refractivity contribution in [3.05, 3.63) is 48.3 Å². The monoisotopic (exact) mass is 423 g/mol. The second kappa shape index (κ2) is 10.0. The third-order valence-electron chi connectivity index (χ3n) is 5.57. The van der Waals surface area contributed by atoms with E-state index in [2.05, 4.69) is 34.0 Å². The molecular formula is C24H33N5O2. The molecule has 0 saturated carbocycles. The Morgan fingerprint density at radius 1 is 1.10 bits per heavy atom. The largest absolute Gasteiger partial charge is 0.355 e. The topological polar surface area (TPSA) is 78.4 Å². The highest BCUT2D eigenvalue weighted by atomic mass is 16.2. The zero-order valence-electron chi connectivity index (χ0n) is 19.0. The van der Waals surface area contributed by atoms with E-state index in [9.17, 15) is 9.59 Å². The maximum Gasteiger partial charge on any atom is 0.256 e. The van der Waals surface area contributed by atoms with E-state index in [-0.39, 0.29) is 23.1 Å². The van der Waals surface area contributed by atoms with Crippen molar-refractivity contribution >= 4 is 11.8 Å². The molecule has 1 saturated heterocycles. The van der Waals surface area contributed by atoms with Crippen molar-refractivity contribution in [2.45, 2.75) is 26.7 Å². The van der Waals surface area contributed by atoms with Crippen molar-refractivity contribution in [3.8, 4) is 11.4 Å². The number of carbonyl (C=O) groups is 2. The summed E-state index contributed by atoms with van der Waals surface area (Å²) in [5, 5.41) is 3.11. The fraction of sp³-hybridized carbons (Fsp3) is 0.500. The first-order valence-corrected chi connectivity index (χ1v) is 10.8. The zero-order valence-corrected chi connectivity index (χ0v) is 19.0. The second-order valence-corrected chi connectivity index (χ2v) is 9.35. The number of hydrogen-bond donors (Lipinski definition) is 1. The Labute approximate surface area is 184 Å².